The van der Waals surface area contributed by atoms with E-state index in [1.165, 1.54) is 0 Å². The van der Waals surface area contributed by atoms with Crippen LogP contribution in [0.1, 0.15) is 42.2 Å². The van der Waals surface area contributed by atoms with E-state index in [9.17, 15) is 9.59 Å². The number of hydrogen-bond donors (Lipinski definition) is 0. The van der Waals surface area contributed by atoms with Crippen molar-refractivity contribution in [3.05, 3.63) is 83.9 Å². The summed E-state index contributed by atoms with van der Waals surface area (Å²) in [6, 6.07) is 23.0. The Hall–Kier alpha value is -3.84. The maximum absolute atomic E-state index is 13.6. The lowest BCUT2D eigenvalue weighted by molar-refractivity contribution is -0.117. The predicted molar refractivity (Wildman–Crippen MR) is 146 cm³/mol. The van der Waals surface area contributed by atoms with Gasteiger partial charge in [-0.3, -0.25) is 9.59 Å². The van der Waals surface area contributed by atoms with Gasteiger partial charge >= 0.3 is 0 Å². The summed E-state index contributed by atoms with van der Waals surface area (Å²) in [6.07, 6.45) is 0.629. The maximum atomic E-state index is 13.6. The molecular formula is C30H33N3O4. The molecule has 2 atom stereocenters. The van der Waals surface area contributed by atoms with Gasteiger partial charge in [0.25, 0.3) is 5.91 Å². The largest absolute Gasteiger partial charge is 0.497 e. The number of hydrogen-bond acceptors (Lipinski definition) is 5. The van der Waals surface area contributed by atoms with Crippen LogP contribution in [0.15, 0.2) is 72.8 Å². The van der Waals surface area contributed by atoms with Crippen molar-refractivity contribution < 1.29 is 19.1 Å². The summed E-state index contributed by atoms with van der Waals surface area (Å²) in [6.45, 7) is 6.83. The number of methoxy groups -OCH3 is 1. The van der Waals surface area contributed by atoms with Crippen LogP contribution in [0, 0.1) is 0 Å². The van der Waals surface area contributed by atoms with Crippen molar-refractivity contribution >= 4 is 28.9 Å². The van der Waals surface area contributed by atoms with E-state index in [0.717, 1.165) is 48.9 Å². The van der Waals surface area contributed by atoms with Gasteiger partial charge in [-0.05, 0) is 73.5 Å². The van der Waals surface area contributed by atoms with Crippen molar-refractivity contribution in [1.29, 1.82) is 0 Å². The van der Waals surface area contributed by atoms with Crippen LogP contribution in [0.5, 0.6) is 5.75 Å². The van der Waals surface area contributed by atoms with Crippen LogP contribution in [-0.4, -0.2) is 51.3 Å². The van der Waals surface area contributed by atoms with Crippen molar-refractivity contribution in [2.24, 2.45) is 0 Å². The van der Waals surface area contributed by atoms with Gasteiger partial charge in [0.05, 0.1) is 26.4 Å². The summed E-state index contributed by atoms with van der Waals surface area (Å²) in [5.41, 5.74) is 4.39. The highest BCUT2D eigenvalue weighted by atomic mass is 16.5. The summed E-state index contributed by atoms with van der Waals surface area (Å²) in [4.78, 5) is 32.7. The zero-order valence-corrected chi connectivity index (χ0v) is 21.6. The first kappa shape index (κ1) is 24.8. The summed E-state index contributed by atoms with van der Waals surface area (Å²) in [5.74, 6) is 0.617. The Labute approximate surface area is 218 Å². The number of morpholine rings is 1. The number of benzene rings is 3. The molecule has 1 saturated heterocycles. The monoisotopic (exact) mass is 499 g/mol. The van der Waals surface area contributed by atoms with Gasteiger partial charge in [-0.2, -0.15) is 0 Å². The minimum atomic E-state index is -0.183. The molecule has 0 radical (unpaired) electrons. The normalized spacial score (nSPS) is 19.2. The highest BCUT2D eigenvalue weighted by molar-refractivity contribution is 6.07. The molecule has 3 aromatic rings. The maximum Gasteiger partial charge on any atom is 0.258 e. The lowest BCUT2D eigenvalue weighted by atomic mass is 9.89. The van der Waals surface area contributed by atoms with Gasteiger partial charge < -0.3 is 24.2 Å². The molecule has 0 aromatic heterocycles. The smallest absolute Gasteiger partial charge is 0.258 e. The molecule has 5 rings (SSSR count). The molecule has 2 amide bonds. The van der Waals surface area contributed by atoms with Crippen LogP contribution < -0.4 is 19.4 Å². The number of ether oxygens (including phenoxy) is 2. The second-order valence-electron chi connectivity index (χ2n) is 9.57. The third kappa shape index (κ3) is 4.91. The lowest BCUT2D eigenvalue weighted by Gasteiger charge is -2.43. The third-order valence-corrected chi connectivity index (χ3v) is 7.27. The molecule has 7 heteroatoms. The average molecular weight is 500 g/mol. The highest BCUT2D eigenvalue weighted by Crippen LogP contribution is 2.43. The number of rotatable bonds is 5. The van der Waals surface area contributed by atoms with Gasteiger partial charge in [0.2, 0.25) is 5.91 Å². The predicted octanol–water partition coefficient (Wildman–Crippen LogP) is 5.07. The van der Waals surface area contributed by atoms with Crippen molar-refractivity contribution in [3.8, 4) is 5.75 Å². The van der Waals surface area contributed by atoms with E-state index in [4.69, 9.17) is 9.47 Å². The standard InChI is InChI=1S/C30H33N3O4/c1-21-20-29(33(22(2)34)25-12-10-24(11-13-25)31-16-18-37-19-17-31)27-6-4-5-7-28(27)32(21)30(35)23-8-14-26(36-3)15-9-23/h4-15,21,29H,16-20H2,1-3H3/t21-,29+/m0/s1. The van der Waals surface area contributed by atoms with Crippen LogP contribution in [0.2, 0.25) is 0 Å². The molecule has 0 aliphatic carbocycles. The Bertz CT molecular complexity index is 1250. The van der Waals surface area contributed by atoms with Gasteiger partial charge in [-0.1, -0.05) is 18.2 Å². The molecule has 7 nitrogen and oxygen atoms in total. The molecule has 2 aliphatic heterocycles. The average Bonchev–Trinajstić information content (AvgIpc) is 2.93. The van der Waals surface area contributed by atoms with Crippen LogP contribution in [-0.2, 0) is 9.53 Å². The molecule has 1 fully saturated rings. The number of para-hydroxylation sites is 1. The fourth-order valence-corrected chi connectivity index (χ4v) is 5.44. The van der Waals surface area contributed by atoms with Gasteiger partial charge in [-0.15, -0.1) is 0 Å². The molecular weight excluding hydrogens is 466 g/mol. The SMILES string of the molecule is COc1ccc(C(=O)N2c3ccccc3[C@H](N(C(C)=O)c3ccc(N4CCOCC4)cc3)C[C@@H]2C)cc1. The second kappa shape index (κ2) is 10.6. The van der Waals surface area contributed by atoms with Crippen molar-refractivity contribution in [3.63, 3.8) is 0 Å². The first-order chi connectivity index (χ1) is 18.0. The van der Waals surface area contributed by atoms with E-state index in [0.29, 0.717) is 17.7 Å². The van der Waals surface area contributed by atoms with Gasteiger partial charge in [-0.25, -0.2) is 0 Å². The minimum absolute atomic E-state index is 0.0268. The van der Waals surface area contributed by atoms with E-state index in [1.807, 2.05) is 53.1 Å². The molecule has 0 bridgehead atoms. The van der Waals surface area contributed by atoms with Gasteiger partial charge in [0.1, 0.15) is 5.75 Å². The first-order valence-corrected chi connectivity index (χ1v) is 12.8. The Morgan fingerprint density at radius 3 is 2.27 bits per heavy atom. The summed E-state index contributed by atoms with van der Waals surface area (Å²) in [7, 11) is 1.61. The molecule has 0 unspecified atom stereocenters. The first-order valence-electron chi connectivity index (χ1n) is 12.8. The summed E-state index contributed by atoms with van der Waals surface area (Å²) >= 11 is 0. The van der Waals surface area contributed by atoms with E-state index in [1.54, 1.807) is 38.3 Å². The number of amides is 2. The van der Waals surface area contributed by atoms with Crippen LogP contribution in [0.4, 0.5) is 17.1 Å². The minimum Gasteiger partial charge on any atom is -0.497 e. The number of carbonyl (C=O) groups is 2. The summed E-state index contributed by atoms with van der Waals surface area (Å²) in [5, 5.41) is 0. The Morgan fingerprint density at radius 2 is 1.62 bits per heavy atom. The number of nitrogens with zero attached hydrogens (tertiary/aromatic N) is 3. The molecule has 2 aliphatic rings. The molecule has 3 aromatic carbocycles. The van der Waals surface area contributed by atoms with Crippen molar-refractivity contribution in [1.82, 2.24) is 0 Å². The van der Waals surface area contributed by atoms with Crippen molar-refractivity contribution in [2.75, 3.05) is 48.1 Å². The van der Waals surface area contributed by atoms with Crippen molar-refractivity contribution in [2.45, 2.75) is 32.4 Å². The topological polar surface area (TPSA) is 62.3 Å². The third-order valence-electron chi connectivity index (χ3n) is 7.27. The van der Waals surface area contributed by atoms with E-state index in [-0.39, 0.29) is 23.9 Å². The zero-order chi connectivity index (χ0) is 25.9. The Balaban J connectivity index is 1.47. The molecule has 37 heavy (non-hydrogen) atoms. The molecule has 0 spiro atoms. The highest BCUT2D eigenvalue weighted by Gasteiger charge is 2.38. The Kier molecular flexibility index (Phi) is 7.15. The van der Waals surface area contributed by atoms with E-state index < -0.39 is 0 Å². The quantitative estimate of drug-likeness (QED) is 0.491. The molecule has 0 N–H and O–H groups in total. The number of fused-ring (bicyclic) bond motifs is 1. The molecule has 2 heterocycles. The summed E-state index contributed by atoms with van der Waals surface area (Å²) < 4.78 is 10.7. The van der Waals surface area contributed by atoms with E-state index in [2.05, 4.69) is 17.0 Å². The van der Waals surface area contributed by atoms with Crippen LogP contribution >= 0.6 is 0 Å². The number of carbonyl (C=O) groups excluding carboxylic acids is 2. The van der Waals surface area contributed by atoms with Gasteiger partial charge in [0, 0.05) is 48.7 Å². The Morgan fingerprint density at radius 1 is 0.946 bits per heavy atom. The van der Waals surface area contributed by atoms with E-state index >= 15 is 0 Å². The lowest BCUT2D eigenvalue weighted by Crippen LogP contribution is -2.47. The fourth-order valence-electron chi connectivity index (χ4n) is 5.44. The molecule has 192 valence electrons. The van der Waals surface area contributed by atoms with Gasteiger partial charge in [0.15, 0.2) is 0 Å². The fraction of sp³-hybridized carbons (Fsp3) is 0.333. The number of anilines is 3. The van der Waals surface area contributed by atoms with Crippen LogP contribution in [0.25, 0.3) is 0 Å². The zero-order valence-electron chi connectivity index (χ0n) is 21.6. The van der Waals surface area contributed by atoms with Crippen LogP contribution in [0.3, 0.4) is 0 Å². The molecule has 0 saturated carbocycles. The second-order valence-corrected chi connectivity index (χ2v) is 9.57.